The lowest BCUT2D eigenvalue weighted by atomic mass is 10.0. The summed E-state index contributed by atoms with van der Waals surface area (Å²) in [7, 11) is 0. The first kappa shape index (κ1) is 24.2. The minimum absolute atomic E-state index is 0.112. The largest absolute Gasteiger partial charge is 0.458 e. The lowest BCUT2D eigenvalue weighted by molar-refractivity contribution is -0.140. The van der Waals surface area contributed by atoms with Crippen molar-refractivity contribution in [2.45, 2.75) is 20.1 Å². The first-order valence-corrected chi connectivity index (χ1v) is 10.5. The molecule has 172 valence electrons. The van der Waals surface area contributed by atoms with E-state index in [-0.39, 0.29) is 13.2 Å². The Hall–Kier alpha value is -4.45. The zero-order valence-electron chi connectivity index (χ0n) is 18.8. The molecule has 0 amide bonds. The van der Waals surface area contributed by atoms with Crippen LogP contribution in [0, 0.1) is 0 Å². The maximum atomic E-state index is 12.5. The number of carbonyl (C=O) groups excluding carboxylic acids is 3. The van der Waals surface area contributed by atoms with Crippen LogP contribution in [-0.2, 0) is 32.3 Å². The van der Waals surface area contributed by atoms with Gasteiger partial charge in [0.1, 0.15) is 19.0 Å². The molecular weight excluding hydrogens is 432 g/mol. The Morgan fingerprint density at radius 1 is 0.765 bits per heavy atom. The highest BCUT2D eigenvalue weighted by atomic mass is 16.5. The van der Waals surface area contributed by atoms with Crippen molar-refractivity contribution in [3.8, 4) is 16.9 Å². The highest BCUT2D eigenvalue weighted by Gasteiger charge is 2.10. The molecule has 0 unspecified atom stereocenters. The maximum absolute atomic E-state index is 12.5. The fourth-order valence-corrected chi connectivity index (χ4v) is 2.90. The molecule has 3 rings (SSSR count). The van der Waals surface area contributed by atoms with Gasteiger partial charge in [-0.3, -0.25) is 0 Å². The number of benzene rings is 3. The first-order chi connectivity index (χ1) is 16.4. The van der Waals surface area contributed by atoms with E-state index in [9.17, 15) is 14.4 Å². The van der Waals surface area contributed by atoms with E-state index in [1.807, 2.05) is 36.4 Å². The molecule has 6 heteroatoms. The van der Waals surface area contributed by atoms with Crippen LogP contribution in [0.25, 0.3) is 11.1 Å². The van der Waals surface area contributed by atoms with Crippen LogP contribution in [0.5, 0.6) is 5.75 Å². The number of hydrogen-bond acceptors (Lipinski definition) is 6. The molecule has 0 radical (unpaired) electrons. The summed E-state index contributed by atoms with van der Waals surface area (Å²) in [4.78, 5) is 35.1. The summed E-state index contributed by atoms with van der Waals surface area (Å²) >= 11 is 0. The average molecular weight is 456 g/mol. The van der Waals surface area contributed by atoms with Gasteiger partial charge in [-0.15, -0.1) is 0 Å². The summed E-state index contributed by atoms with van der Waals surface area (Å²) in [5, 5.41) is 0. The predicted octanol–water partition coefficient (Wildman–Crippen LogP) is 5.42. The Bertz CT molecular complexity index is 1190. The highest BCUT2D eigenvalue weighted by molar-refractivity contribution is 5.91. The molecule has 6 nitrogen and oxygen atoms in total. The van der Waals surface area contributed by atoms with Crippen LogP contribution in [0.1, 0.15) is 28.4 Å². The topological polar surface area (TPSA) is 78.9 Å². The third kappa shape index (κ3) is 6.77. The maximum Gasteiger partial charge on any atom is 0.343 e. The quantitative estimate of drug-likeness (QED) is 0.243. The van der Waals surface area contributed by atoms with Gasteiger partial charge in [0, 0.05) is 11.6 Å². The number of ether oxygens (including phenoxy) is 3. The number of carbonyl (C=O) groups is 3. The second-order valence-electron chi connectivity index (χ2n) is 7.48. The van der Waals surface area contributed by atoms with E-state index >= 15 is 0 Å². The molecular formula is C28H24O6. The van der Waals surface area contributed by atoms with Crippen LogP contribution in [0.4, 0.5) is 0 Å². The van der Waals surface area contributed by atoms with Crippen LogP contribution in [0.2, 0.25) is 0 Å². The van der Waals surface area contributed by atoms with Gasteiger partial charge in [0.15, 0.2) is 0 Å². The summed E-state index contributed by atoms with van der Waals surface area (Å²) in [6, 6.07) is 21.4. The van der Waals surface area contributed by atoms with Gasteiger partial charge in [-0.25, -0.2) is 14.4 Å². The molecule has 0 saturated carbocycles. The van der Waals surface area contributed by atoms with Crippen molar-refractivity contribution in [1.82, 2.24) is 0 Å². The first-order valence-electron chi connectivity index (χ1n) is 10.5. The molecule has 0 bridgehead atoms. The van der Waals surface area contributed by atoms with Crippen molar-refractivity contribution in [1.29, 1.82) is 0 Å². The van der Waals surface area contributed by atoms with E-state index in [2.05, 4.69) is 13.2 Å². The summed E-state index contributed by atoms with van der Waals surface area (Å²) in [5.41, 5.74) is 4.29. The molecule has 3 aromatic rings. The van der Waals surface area contributed by atoms with Gasteiger partial charge < -0.3 is 14.2 Å². The van der Waals surface area contributed by atoms with Crippen molar-refractivity contribution in [3.05, 3.63) is 114 Å². The van der Waals surface area contributed by atoms with Gasteiger partial charge in [-0.2, -0.15) is 0 Å². The van der Waals surface area contributed by atoms with Gasteiger partial charge in [0.25, 0.3) is 0 Å². The SMILES string of the molecule is C=CC(=O)OCc1ccc(OC(=O)c2ccc(-c3ccc(COC(=O)C(=C)C)cc3)cc2)cc1. The molecule has 0 N–H and O–H groups in total. The molecule has 0 saturated heterocycles. The summed E-state index contributed by atoms with van der Waals surface area (Å²) in [6.45, 7) is 8.79. The predicted molar refractivity (Wildman–Crippen MR) is 128 cm³/mol. The molecule has 0 aliphatic heterocycles. The number of hydrogen-bond donors (Lipinski definition) is 0. The normalized spacial score (nSPS) is 10.1. The molecule has 0 aliphatic rings. The number of rotatable bonds is 9. The van der Waals surface area contributed by atoms with Crippen LogP contribution in [0.15, 0.2) is 97.6 Å². The fraction of sp³-hybridized carbons (Fsp3) is 0.107. The fourth-order valence-electron chi connectivity index (χ4n) is 2.90. The third-order valence-corrected chi connectivity index (χ3v) is 4.81. The molecule has 34 heavy (non-hydrogen) atoms. The zero-order valence-corrected chi connectivity index (χ0v) is 18.8. The van der Waals surface area contributed by atoms with Crippen LogP contribution >= 0.6 is 0 Å². The average Bonchev–Trinajstić information content (AvgIpc) is 2.87. The van der Waals surface area contributed by atoms with E-state index in [1.165, 1.54) is 0 Å². The molecule has 0 aliphatic carbocycles. The minimum Gasteiger partial charge on any atom is -0.458 e. The summed E-state index contributed by atoms with van der Waals surface area (Å²) in [6.07, 6.45) is 1.10. The van der Waals surface area contributed by atoms with E-state index < -0.39 is 17.9 Å². The highest BCUT2D eigenvalue weighted by Crippen LogP contribution is 2.22. The third-order valence-electron chi connectivity index (χ3n) is 4.81. The Balaban J connectivity index is 1.57. The Morgan fingerprint density at radius 3 is 1.79 bits per heavy atom. The van der Waals surface area contributed by atoms with Crippen molar-refractivity contribution < 1.29 is 28.6 Å². The monoisotopic (exact) mass is 456 g/mol. The molecule has 3 aromatic carbocycles. The van der Waals surface area contributed by atoms with Crippen molar-refractivity contribution >= 4 is 17.9 Å². The van der Waals surface area contributed by atoms with Crippen molar-refractivity contribution in [3.63, 3.8) is 0 Å². The standard InChI is InChI=1S/C28H24O6/c1-4-26(29)32-17-21-7-15-25(16-8-21)34-28(31)24-13-11-23(12-14-24)22-9-5-20(6-10-22)18-33-27(30)19(2)3/h4-16H,1-2,17-18H2,3H3. The van der Waals surface area contributed by atoms with E-state index in [0.29, 0.717) is 16.9 Å². The second-order valence-corrected chi connectivity index (χ2v) is 7.48. The molecule has 0 fully saturated rings. The van der Waals surface area contributed by atoms with Gasteiger partial charge in [0.05, 0.1) is 5.56 Å². The summed E-state index contributed by atoms with van der Waals surface area (Å²) < 4.78 is 15.5. The van der Waals surface area contributed by atoms with Crippen molar-refractivity contribution in [2.24, 2.45) is 0 Å². The molecule has 0 heterocycles. The lowest BCUT2D eigenvalue weighted by Crippen LogP contribution is -2.08. The van der Waals surface area contributed by atoms with Gasteiger partial charge in [0.2, 0.25) is 0 Å². The van der Waals surface area contributed by atoms with E-state index in [0.717, 1.165) is 28.3 Å². The van der Waals surface area contributed by atoms with Crippen LogP contribution in [-0.4, -0.2) is 17.9 Å². The van der Waals surface area contributed by atoms with Gasteiger partial charge >= 0.3 is 17.9 Å². The van der Waals surface area contributed by atoms with Gasteiger partial charge in [-0.1, -0.05) is 61.7 Å². The van der Waals surface area contributed by atoms with Crippen molar-refractivity contribution in [2.75, 3.05) is 0 Å². The minimum atomic E-state index is -0.501. The van der Waals surface area contributed by atoms with E-state index in [1.54, 1.807) is 43.3 Å². The molecule has 0 spiro atoms. The Labute approximate surface area is 198 Å². The van der Waals surface area contributed by atoms with Gasteiger partial charge in [-0.05, 0) is 53.4 Å². The second kappa shape index (κ2) is 11.4. The zero-order chi connectivity index (χ0) is 24.5. The lowest BCUT2D eigenvalue weighted by Gasteiger charge is -2.08. The molecule has 0 aromatic heterocycles. The summed E-state index contributed by atoms with van der Waals surface area (Å²) in [5.74, 6) is -1.02. The Kier molecular flexibility index (Phi) is 8.13. The smallest absolute Gasteiger partial charge is 0.343 e. The van der Waals surface area contributed by atoms with E-state index in [4.69, 9.17) is 14.2 Å². The number of esters is 3. The van der Waals surface area contributed by atoms with Crippen LogP contribution in [0.3, 0.4) is 0 Å². The Morgan fingerprint density at radius 2 is 1.26 bits per heavy atom. The van der Waals surface area contributed by atoms with Crippen LogP contribution < -0.4 is 4.74 Å². The molecule has 0 atom stereocenters.